The Balaban J connectivity index is 2.24. The Hall–Kier alpha value is -1.29. The molecule has 0 aliphatic heterocycles. The van der Waals surface area contributed by atoms with E-state index in [0.717, 1.165) is 42.1 Å². The summed E-state index contributed by atoms with van der Waals surface area (Å²) in [6.45, 7) is 5.44. The van der Waals surface area contributed by atoms with Crippen molar-refractivity contribution in [3.8, 4) is 0 Å². The quantitative estimate of drug-likeness (QED) is 0.635. The lowest BCUT2D eigenvalue weighted by atomic mass is 10.1. The van der Waals surface area contributed by atoms with Crippen molar-refractivity contribution >= 4 is 5.91 Å². The van der Waals surface area contributed by atoms with Gasteiger partial charge >= 0.3 is 0 Å². The predicted octanol–water partition coefficient (Wildman–Crippen LogP) is 2.98. The van der Waals surface area contributed by atoms with Gasteiger partial charge < -0.3 is 4.42 Å². The number of carbonyl (C=O) groups excluding carboxylic acids is 1. The molecule has 2 rings (SSSR count). The summed E-state index contributed by atoms with van der Waals surface area (Å²) in [5.41, 5.74) is 1.33. The minimum Gasteiger partial charge on any atom is -0.466 e. The first kappa shape index (κ1) is 12.2. The van der Waals surface area contributed by atoms with Crippen LogP contribution in [0.5, 0.6) is 0 Å². The van der Waals surface area contributed by atoms with Gasteiger partial charge in [0, 0.05) is 5.56 Å². The smallest absolute Gasteiger partial charge is 0.281 e. The average Bonchev–Trinajstić information content (AvgIpc) is 2.87. The Kier molecular flexibility index (Phi) is 3.24. The number of hydrogen-bond donors (Lipinski definition) is 1. The average molecular weight is 237 g/mol. The van der Waals surface area contributed by atoms with Gasteiger partial charge in [0.15, 0.2) is 0 Å². The van der Waals surface area contributed by atoms with Crippen molar-refractivity contribution in [1.29, 1.82) is 0 Å². The molecule has 0 saturated heterocycles. The minimum atomic E-state index is -0.330. The van der Waals surface area contributed by atoms with E-state index in [1.54, 1.807) is 6.92 Å². The molecule has 94 valence electrons. The van der Waals surface area contributed by atoms with Gasteiger partial charge in [0.1, 0.15) is 11.5 Å². The van der Waals surface area contributed by atoms with Crippen LogP contribution in [-0.4, -0.2) is 22.2 Å². The lowest BCUT2D eigenvalue weighted by Crippen LogP contribution is -2.36. The first-order chi connectivity index (χ1) is 8.02. The molecule has 1 amide bonds. The number of carbonyl (C=O) groups is 1. The van der Waals surface area contributed by atoms with Gasteiger partial charge in [-0.3, -0.25) is 10.0 Å². The molecule has 1 saturated carbocycles. The number of furan rings is 1. The largest absolute Gasteiger partial charge is 0.466 e. The van der Waals surface area contributed by atoms with Crippen LogP contribution >= 0.6 is 0 Å². The van der Waals surface area contributed by atoms with Crippen LogP contribution < -0.4 is 0 Å². The van der Waals surface area contributed by atoms with E-state index < -0.39 is 0 Å². The van der Waals surface area contributed by atoms with Gasteiger partial charge in [-0.05, 0) is 33.6 Å². The van der Waals surface area contributed by atoms with Crippen LogP contribution in [0.3, 0.4) is 0 Å². The molecular formula is C13H19NO3. The molecule has 1 aliphatic carbocycles. The zero-order valence-corrected chi connectivity index (χ0v) is 10.6. The van der Waals surface area contributed by atoms with Gasteiger partial charge in [0.2, 0.25) is 0 Å². The zero-order valence-electron chi connectivity index (χ0n) is 10.6. The maximum Gasteiger partial charge on any atom is 0.281 e. The topological polar surface area (TPSA) is 53.7 Å². The number of hydroxylamine groups is 2. The minimum absolute atomic E-state index is 0.0310. The van der Waals surface area contributed by atoms with Crippen molar-refractivity contribution in [1.82, 2.24) is 5.06 Å². The molecule has 1 N–H and O–H groups in total. The third-order valence-corrected chi connectivity index (χ3v) is 3.65. The van der Waals surface area contributed by atoms with Gasteiger partial charge in [0.05, 0.1) is 11.6 Å². The van der Waals surface area contributed by atoms with Crippen molar-refractivity contribution in [3.05, 3.63) is 22.6 Å². The highest BCUT2D eigenvalue weighted by Crippen LogP contribution is 2.27. The van der Waals surface area contributed by atoms with Gasteiger partial charge in [-0.25, -0.2) is 5.06 Å². The summed E-state index contributed by atoms with van der Waals surface area (Å²) in [6.07, 6.45) is 3.93. The van der Waals surface area contributed by atoms with Crippen molar-refractivity contribution in [3.63, 3.8) is 0 Å². The Morgan fingerprint density at radius 1 is 1.24 bits per heavy atom. The van der Waals surface area contributed by atoms with Gasteiger partial charge in [-0.2, -0.15) is 0 Å². The molecule has 1 aromatic rings. The second-order valence-electron chi connectivity index (χ2n) is 4.80. The van der Waals surface area contributed by atoms with Crippen molar-refractivity contribution < 1.29 is 14.4 Å². The Morgan fingerprint density at radius 3 is 2.29 bits per heavy atom. The fourth-order valence-electron chi connectivity index (χ4n) is 2.54. The third kappa shape index (κ3) is 2.09. The Morgan fingerprint density at radius 2 is 1.82 bits per heavy atom. The maximum absolute atomic E-state index is 12.2. The molecule has 1 heterocycles. The van der Waals surface area contributed by atoms with Gasteiger partial charge in [-0.1, -0.05) is 12.8 Å². The molecule has 0 radical (unpaired) electrons. The van der Waals surface area contributed by atoms with Crippen molar-refractivity contribution in [2.45, 2.75) is 52.5 Å². The summed E-state index contributed by atoms with van der Waals surface area (Å²) >= 11 is 0. The van der Waals surface area contributed by atoms with Crippen molar-refractivity contribution in [2.24, 2.45) is 0 Å². The highest BCUT2D eigenvalue weighted by Gasteiger charge is 2.29. The fraction of sp³-hybridized carbons (Fsp3) is 0.615. The zero-order chi connectivity index (χ0) is 12.6. The normalized spacial score (nSPS) is 16.5. The second-order valence-corrected chi connectivity index (χ2v) is 4.80. The summed E-state index contributed by atoms with van der Waals surface area (Å²) < 4.78 is 5.42. The van der Waals surface area contributed by atoms with Crippen LogP contribution in [0.2, 0.25) is 0 Å². The molecule has 1 aromatic heterocycles. The van der Waals surface area contributed by atoms with E-state index in [9.17, 15) is 10.0 Å². The first-order valence-electron chi connectivity index (χ1n) is 6.11. The SMILES string of the molecule is Cc1oc(C)c(C(=O)N(O)C2CCCC2)c1C. The molecule has 0 bridgehead atoms. The van der Waals surface area contributed by atoms with Gasteiger partial charge in [-0.15, -0.1) is 0 Å². The summed E-state index contributed by atoms with van der Waals surface area (Å²) in [6, 6.07) is -0.0310. The van der Waals surface area contributed by atoms with Crippen LogP contribution in [0.1, 0.15) is 53.1 Å². The highest BCUT2D eigenvalue weighted by molar-refractivity contribution is 5.96. The lowest BCUT2D eigenvalue weighted by molar-refractivity contribution is -0.0868. The predicted molar refractivity (Wildman–Crippen MR) is 63.1 cm³/mol. The summed E-state index contributed by atoms with van der Waals surface area (Å²) in [5, 5.41) is 10.9. The molecule has 0 spiro atoms. The van der Waals surface area contributed by atoms with Crippen LogP contribution in [0, 0.1) is 20.8 Å². The van der Waals surface area contributed by atoms with E-state index in [1.807, 2.05) is 13.8 Å². The molecule has 0 aromatic carbocycles. The first-order valence-corrected chi connectivity index (χ1v) is 6.11. The van der Waals surface area contributed by atoms with E-state index in [-0.39, 0.29) is 11.9 Å². The molecular weight excluding hydrogens is 218 g/mol. The van der Waals surface area contributed by atoms with Crippen molar-refractivity contribution in [2.75, 3.05) is 0 Å². The van der Waals surface area contributed by atoms with Gasteiger partial charge in [0.25, 0.3) is 5.91 Å². The fourth-order valence-corrected chi connectivity index (χ4v) is 2.54. The molecule has 1 aliphatic rings. The van der Waals surface area contributed by atoms with Crippen LogP contribution in [0.15, 0.2) is 4.42 Å². The van der Waals surface area contributed by atoms with E-state index in [4.69, 9.17) is 4.42 Å². The van der Waals surface area contributed by atoms with Crippen LogP contribution in [-0.2, 0) is 0 Å². The second kappa shape index (κ2) is 4.53. The molecule has 4 heteroatoms. The van der Waals surface area contributed by atoms with Crippen LogP contribution in [0.4, 0.5) is 0 Å². The highest BCUT2D eigenvalue weighted by atomic mass is 16.5. The summed E-state index contributed by atoms with van der Waals surface area (Å²) in [4.78, 5) is 12.2. The number of amides is 1. The Labute approximate surface area is 101 Å². The summed E-state index contributed by atoms with van der Waals surface area (Å²) in [7, 11) is 0. The Bertz CT molecular complexity index is 430. The number of aryl methyl sites for hydroxylation is 2. The summed E-state index contributed by atoms with van der Waals surface area (Å²) in [5.74, 6) is 0.997. The number of hydrogen-bond acceptors (Lipinski definition) is 3. The maximum atomic E-state index is 12.2. The van der Waals surface area contributed by atoms with E-state index in [1.165, 1.54) is 0 Å². The molecule has 0 unspecified atom stereocenters. The molecule has 17 heavy (non-hydrogen) atoms. The molecule has 4 nitrogen and oxygen atoms in total. The number of rotatable bonds is 2. The molecule has 0 atom stereocenters. The van der Waals surface area contributed by atoms with Crippen LogP contribution in [0.25, 0.3) is 0 Å². The monoisotopic (exact) mass is 237 g/mol. The van der Waals surface area contributed by atoms with E-state index in [2.05, 4.69) is 0 Å². The number of nitrogens with zero attached hydrogens (tertiary/aromatic N) is 1. The van der Waals surface area contributed by atoms with E-state index in [0.29, 0.717) is 11.3 Å². The molecule has 1 fully saturated rings. The lowest BCUT2D eigenvalue weighted by Gasteiger charge is -2.21. The standard InChI is InChI=1S/C13H19NO3/c1-8-9(2)17-10(3)12(8)13(15)14(16)11-6-4-5-7-11/h11,16H,4-7H2,1-3H3. The van der Waals surface area contributed by atoms with E-state index >= 15 is 0 Å². The third-order valence-electron chi connectivity index (χ3n) is 3.65.